The Kier molecular flexibility index (Phi) is 3.58. The van der Waals surface area contributed by atoms with Crippen LogP contribution in [0.3, 0.4) is 0 Å². The molecule has 1 aromatic rings. The van der Waals surface area contributed by atoms with Gasteiger partial charge in [0.05, 0.1) is 17.1 Å². The van der Waals surface area contributed by atoms with E-state index in [0.29, 0.717) is 23.7 Å². The molecule has 0 bridgehead atoms. The summed E-state index contributed by atoms with van der Waals surface area (Å²) < 4.78 is 0. The monoisotopic (exact) mass is 253 g/mol. The molecule has 1 saturated heterocycles. The van der Waals surface area contributed by atoms with Gasteiger partial charge in [0.1, 0.15) is 0 Å². The van der Waals surface area contributed by atoms with Gasteiger partial charge < -0.3 is 10.2 Å². The van der Waals surface area contributed by atoms with Gasteiger partial charge in [0.2, 0.25) is 5.91 Å². The number of hydrogen-bond donors (Lipinski definition) is 1. The number of nitrogens with one attached hydrogen (secondary N) is 1. The van der Waals surface area contributed by atoms with Crippen molar-refractivity contribution in [2.45, 2.75) is 6.42 Å². The number of pyridine rings is 1. The molecule has 5 nitrogen and oxygen atoms in total. The molecule has 1 aliphatic rings. The van der Waals surface area contributed by atoms with E-state index in [1.165, 1.54) is 17.3 Å². The molecule has 0 saturated carbocycles. The highest BCUT2D eigenvalue weighted by molar-refractivity contribution is 6.33. The Hall–Kier alpha value is -1.62. The van der Waals surface area contributed by atoms with Crippen molar-refractivity contribution in [3.8, 4) is 0 Å². The van der Waals surface area contributed by atoms with Gasteiger partial charge in [-0.1, -0.05) is 11.6 Å². The van der Waals surface area contributed by atoms with Crippen LogP contribution in [0.2, 0.25) is 5.02 Å². The van der Waals surface area contributed by atoms with E-state index in [9.17, 15) is 9.59 Å². The summed E-state index contributed by atoms with van der Waals surface area (Å²) in [4.78, 5) is 28.9. The third-order valence-corrected chi connectivity index (χ3v) is 2.88. The molecule has 0 spiro atoms. The number of carbonyl (C=O) groups excluding carboxylic acids is 2. The Morgan fingerprint density at radius 2 is 2.35 bits per heavy atom. The highest BCUT2D eigenvalue weighted by Gasteiger charge is 2.22. The van der Waals surface area contributed by atoms with Gasteiger partial charge in [0, 0.05) is 25.5 Å². The molecule has 0 atom stereocenters. The third kappa shape index (κ3) is 2.74. The van der Waals surface area contributed by atoms with Crippen LogP contribution in [0.25, 0.3) is 0 Å². The lowest BCUT2D eigenvalue weighted by molar-refractivity contribution is -0.121. The first-order valence-electron chi connectivity index (χ1n) is 5.34. The summed E-state index contributed by atoms with van der Waals surface area (Å²) in [6.45, 7) is 1.22. The highest BCUT2D eigenvalue weighted by atomic mass is 35.5. The van der Waals surface area contributed by atoms with Crippen LogP contribution in [-0.4, -0.2) is 41.3 Å². The molecule has 2 heterocycles. The van der Waals surface area contributed by atoms with Gasteiger partial charge in [-0.15, -0.1) is 0 Å². The van der Waals surface area contributed by atoms with E-state index < -0.39 is 0 Å². The average molecular weight is 254 g/mol. The predicted molar refractivity (Wildman–Crippen MR) is 62.8 cm³/mol. The van der Waals surface area contributed by atoms with Crippen LogP contribution in [0.15, 0.2) is 18.5 Å². The molecular formula is C11H12ClN3O2. The molecule has 6 heteroatoms. The fourth-order valence-corrected chi connectivity index (χ4v) is 1.87. The normalized spacial score (nSPS) is 16.3. The van der Waals surface area contributed by atoms with Crippen LogP contribution in [0.1, 0.15) is 16.8 Å². The minimum Gasteiger partial charge on any atom is -0.354 e. The number of nitrogens with zero attached hydrogens (tertiary/aromatic N) is 2. The molecule has 0 radical (unpaired) electrons. The molecule has 2 rings (SSSR count). The lowest BCUT2D eigenvalue weighted by Crippen LogP contribution is -2.37. The number of hydrogen-bond acceptors (Lipinski definition) is 3. The van der Waals surface area contributed by atoms with Gasteiger partial charge >= 0.3 is 0 Å². The van der Waals surface area contributed by atoms with Gasteiger partial charge in [-0.2, -0.15) is 0 Å². The molecule has 1 fully saturated rings. The maximum absolute atomic E-state index is 12.1. The third-order valence-electron chi connectivity index (χ3n) is 2.55. The van der Waals surface area contributed by atoms with Gasteiger partial charge in [0.25, 0.3) is 5.91 Å². The molecule has 1 N–H and O–H groups in total. The number of rotatable bonds is 1. The molecular weight excluding hydrogens is 242 g/mol. The zero-order valence-electron chi connectivity index (χ0n) is 9.15. The number of aromatic nitrogens is 1. The molecule has 0 aliphatic carbocycles. The summed E-state index contributed by atoms with van der Waals surface area (Å²) in [5.74, 6) is -0.393. The Balaban J connectivity index is 2.19. The van der Waals surface area contributed by atoms with E-state index in [-0.39, 0.29) is 18.4 Å². The van der Waals surface area contributed by atoms with Crippen molar-refractivity contribution in [2.75, 3.05) is 19.6 Å². The summed E-state index contributed by atoms with van der Waals surface area (Å²) in [7, 11) is 0. The van der Waals surface area contributed by atoms with E-state index >= 15 is 0 Å². The lowest BCUT2D eigenvalue weighted by Gasteiger charge is -2.19. The van der Waals surface area contributed by atoms with Gasteiger partial charge in [-0.05, 0) is 12.5 Å². The molecule has 1 aliphatic heterocycles. The van der Waals surface area contributed by atoms with Gasteiger partial charge in [-0.3, -0.25) is 14.6 Å². The average Bonchev–Trinajstić information content (AvgIpc) is 2.54. The quantitative estimate of drug-likeness (QED) is 0.801. The van der Waals surface area contributed by atoms with Crippen LogP contribution in [-0.2, 0) is 4.79 Å². The number of halogens is 1. The van der Waals surface area contributed by atoms with E-state index in [0.717, 1.165) is 6.42 Å². The number of amides is 2. The Morgan fingerprint density at radius 3 is 3.12 bits per heavy atom. The van der Waals surface area contributed by atoms with Crippen molar-refractivity contribution < 1.29 is 9.59 Å². The minimum absolute atomic E-state index is 0.0735. The minimum atomic E-state index is -0.250. The number of carbonyl (C=O) groups is 2. The van der Waals surface area contributed by atoms with Crippen molar-refractivity contribution in [1.29, 1.82) is 0 Å². The van der Waals surface area contributed by atoms with Crippen molar-refractivity contribution in [3.05, 3.63) is 29.0 Å². The van der Waals surface area contributed by atoms with Crippen LogP contribution >= 0.6 is 11.6 Å². The second-order valence-corrected chi connectivity index (χ2v) is 4.19. The van der Waals surface area contributed by atoms with Gasteiger partial charge in [0.15, 0.2) is 0 Å². The molecule has 90 valence electrons. The summed E-state index contributed by atoms with van der Waals surface area (Å²) in [5, 5.41) is 3.07. The topological polar surface area (TPSA) is 62.3 Å². The van der Waals surface area contributed by atoms with Crippen molar-refractivity contribution in [1.82, 2.24) is 15.2 Å². The maximum Gasteiger partial charge on any atom is 0.257 e. The van der Waals surface area contributed by atoms with Crippen LogP contribution in [0, 0.1) is 0 Å². The van der Waals surface area contributed by atoms with E-state index in [1.54, 1.807) is 6.07 Å². The second kappa shape index (κ2) is 5.14. The Bertz CT molecular complexity index is 450. The maximum atomic E-state index is 12.1. The summed E-state index contributed by atoms with van der Waals surface area (Å²) in [5.41, 5.74) is 0.337. The van der Waals surface area contributed by atoms with Gasteiger partial charge in [-0.25, -0.2) is 0 Å². The highest BCUT2D eigenvalue weighted by Crippen LogP contribution is 2.16. The SMILES string of the molecule is O=C1CN(C(=O)c2cnccc2Cl)CCCN1. The molecule has 0 aromatic carbocycles. The summed E-state index contributed by atoms with van der Waals surface area (Å²) in [6.07, 6.45) is 3.69. The van der Waals surface area contributed by atoms with Crippen LogP contribution in [0.4, 0.5) is 0 Å². The lowest BCUT2D eigenvalue weighted by atomic mass is 10.2. The fourth-order valence-electron chi connectivity index (χ4n) is 1.68. The zero-order valence-corrected chi connectivity index (χ0v) is 9.91. The first kappa shape index (κ1) is 11.9. The molecule has 0 unspecified atom stereocenters. The van der Waals surface area contributed by atoms with E-state index in [4.69, 9.17) is 11.6 Å². The predicted octanol–water partition coefficient (Wildman–Crippen LogP) is 0.697. The van der Waals surface area contributed by atoms with Crippen molar-refractivity contribution >= 4 is 23.4 Å². The summed E-state index contributed by atoms with van der Waals surface area (Å²) >= 11 is 5.93. The van der Waals surface area contributed by atoms with Crippen molar-refractivity contribution in [2.24, 2.45) is 0 Å². The van der Waals surface area contributed by atoms with E-state index in [2.05, 4.69) is 10.3 Å². The Labute approximate surface area is 104 Å². The second-order valence-electron chi connectivity index (χ2n) is 3.79. The smallest absolute Gasteiger partial charge is 0.257 e. The van der Waals surface area contributed by atoms with Crippen molar-refractivity contribution in [3.63, 3.8) is 0 Å². The standard InChI is InChI=1S/C11H12ClN3O2/c12-9-2-4-13-6-8(9)11(17)15-5-1-3-14-10(16)7-15/h2,4,6H,1,3,5,7H2,(H,14,16). The molecule has 2 amide bonds. The fraction of sp³-hybridized carbons (Fsp3) is 0.364. The first-order chi connectivity index (χ1) is 8.18. The summed E-state index contributed by atoms with van der Waals surface area (Å²) in [6, 6.07) is 1.56. The zero-order chi connectivity index (χ0) is 12.3. The molecule has 1 aromatic heterocycles. The molecule has 17 heavy (non-hydrogen) atoms. The Morgan fingerprint density at radius 1 is 1.53 bits per heavy atom. The first-order valence-corrected chi connectivity index (χ1v) is 5.72. The van der Waals surface area contributed by atoms with Crippen LogP contribution < -0.4 is 5.32 Å². The van der Waals surface area contributed by atoms with Crippen LogP contribution in [0.5, 0.6) is 0 Å². The van der Waals surface area contributed by atoms with E-state index in [1.807, 2.05) is 0 Å². The largest absolute Gasteiger partial charge is 0.354 e.